The average Bonchev–Trinajstić information content (AvgIpc) is 2.25. The van der Waals surface area contributed by atoms with Crippen LogP contribution in [0.4, 0.5) is 0 Å². The third kappa shape index (κ3) is 3.14. The zero-order valence-corrected chi connectivity index (χ0v) is 11.5. The Labute approximate surface area is 103 Å². The van der Waals surface area contributed by atoms with E-state index in [1.807, 2.05) is 18.7 Å². The average molecular weight is 245 g/mol. The second-order valence-corrected chi connectivity index (χ2v) is 5.72. The Balaban J connectivity index is 2.67. The normalized spacial score (nSPS) is 28.8. The number of esters is 1. The highest BCUT2D eigenvalue weighted by atomic mass is 32.2. The van der Waals surface area contributed by atoms with Crippen LogP contribution in [-0.2, 0) is 9.53 Å². The summed E-state index contributed by atoms with van der Waals surface area (Å²) in [5, 5.41) is 0.595. The fourth-order valence-corrected chi connectivity index (χ4v) is 3.29. The number of carbonyl (C=O) groups excluding carboxylic acids is 1. The van der Waals surface area contributed by atoms with E-state index >= 15 is 0 Å². The molecule has 1 rings (SSSR count). The molecule has 3 nitrogen and oxygen atoms in total. The van der Waals surface area contributed by atoms with E-state index in [-0.39, 0.29) is 12.0 Å². The minimum absolute atomic E-state index is 0.0571. The van der Waals surface area contributed by atoms with Gasteiger partial charge in [-0.3, -0.25) is 9.69 Å². The van der Waals surface area contributed by atoms with E-state index in [0.717, 1.165) is 18.7 Å². The van der Waals surface area contributed by atoms with Gasteiger partial charge < -0.3 is 4.74 Å². The molecule has 0 aromatic rings. The summed E-state index contributed by atoms with van der Waals surface area (Å²) in [6, 6.07) is 0.395. The summed E-state index contributed by atoms with van der Waals surface area (Å²) in [6.07, 6.45) is 0.834. The van der Waals surface area contributed by atoms with Crippen LogP contribution in [0.1, 0.15) is 34.1 Å². The molecule has 0 N–H and O–H groups in total. The number of hydrogen-bond donors (Lipinski definition) is 0. The Morgan fingerprint density at radius 1 is 1.50 bits per heavy atom. The van der Waals surface area contributed by atoms with Crippen LogP contribution < -0.4 is 0 Å². The molecule has 0 amide bonds. The van der Waals surface area contributed by atoms with Gasteiger partial charge in [0, 0.05) is 23.6 Å². The molecule has 0 spiro atoms. The van der Waals surface area contributed by atoms with Gasteiger partial charge in [0.15, 0.2) is 0 Å². The van der Waals surface area contributed by atoms with Crippen molar-refractivity contribution in [3.8, 4) is 0 Å². The Hall–Kier alpha value is -0.220. The first-order chi connectivity index (χ1) is 7.61. The molecule has 1 saturated heterocycles. The number of rotatable bonds is 4. The summed E-state index contributed by atoms with van der Waals surface area (Å²) >= 11 is 1.99. The SMILES string of the molecule is CCOC(=O)C(CC)N1CCSC(C)C1C. The van der Waals surface area contributed by atoms with E-state index in [1.165, 1.54) is 0 Å². The van der Waals surface area contributed by atoms with E-state index < -0.39 is 0 Å². The zero-order valence-electron chi connectivity index (χ0n) is 10.7. The lowest BCUT2D eigenvalue weighted by molar-refractivity contribution is -0.150. The van der Waals surface area contributed by atoms with Gasteiger partial charge in [0.25, 0.3) is 0 Å². The van der Waals surface area contributed by atoms with Crippen LogP contribution in [0.2, 0.25) is 0 Å². The summed E-state index contributed by atoms with van der Waals surface area (Å²) in [5.74, 6) is 1.05. The Bertz CT molecular complexity index is 235. The maximum Gasteiger partial charge on any atom is 0.323 e. The largest absolute Gasteiger partial charge is 0.465 e. The van der Waals surface area contributed by atoms with E-state index in [2.05, 4.69) is 25.7 Å². The van der Waals surface area contributed by atoms with Gasteiger partial charge in [-0.1, -0.05) is 13.8 Å². The van der Waals surface area contributed by atoms with Gasteiger partial charge >= 0.3 is 5.97 Å². The molecule has 1 aliphatic heterocycles. The second kappa shape index (κ2) is 6.50. The van der Waals surface area contributed by atoms with Crippen LogP contribution >= 0.6 is 11.8 Å². The standard InChI is InChI=1S/C12H23NO2S/c1-5-11(12(14)15-6-2)13-7-8-16-10(4)9(13)3/h9-11H,5-8H2,1-4H3. The van der Waals surface area contributed by atoms with Gasteiger partial charge in [-0.15, -0.1) is 0 Å². The Kier molecular flexibility index (Phi) is 5.62. The van der Waals surface area contributed by atoms with Crippen molar-refractivity contribution in [2.45, 2.75) is 51.4 Å². The second-order valence-electron chi connectivity index (χ2n) is 4.23. The van der Waals surface area contributed by atoms with E-state index in [9.17, 15) is 4.79 Å². The summed E-state index contributed by atoms with van der Waals surface area (Å²) in [5.41, 5.74) is 0. The van der Waals surface area contributed by atoms with Gasteiger partial charge in [-0.2, -0.15) is 11.8 Å². The van der Waals surface area contributed by atoms with Gasteiger partial charge in [-0.25, -0.2) is 0 Å². The van der Waals surface area contributed by atoms with Gasteiger partial charge in [-0.05, 0) is 20.3 Å². The number of hydrogen-bond acceptors (Lipinski definition) is 4. The van der Waals surface area contributed by atoms with Crippen molar-refractivity contribution in [1.82, 2.24) is 4.90 Å². The minimum atomic E-state index is -0.0593. The highest BCUT2D eigenvalue weighted by Gasteiger charge is 2.34. The first-order valence-electron chi connectivity index (χ1n) is 6.15. The summed E-state index contributed by atoms with van der Waals surface area (Å²) < 4.78 is 5.14. The highest BCUT2D eigenvalue weighted by molar-refractivity contribution is 8.00. The number of ether oxygens (including phenoxy) is 1. The lowest BCUT2D eigenvalue weighted by atomic mass is 10.1. The number of carbonyl (C=O) groups is 1. The molecule has 3 atom stereocenters. The summed E-state index contributed by atoms with van der Waals surface area (Å²) in [6.45, 7) is 9.83. The van der Waals surface area contributed by atoms with Crippen LogP contribution in [-0.4, -0.2) is 47.1 Å². The van der Waals surface area contributed by atoms with Crippen molar-refractivity contribution in [1.29, 1.82) is 0 Å². The number of nitrogens with zero attached hydrogens (tertiary/aromatic N) is 1. The molecule has 0 bridgehead atoms. The van der Waals surface area contributed by atoms with Crippen LogP contribution in [0, 0.1) is 0 Å². The molecule has 16 heavy (non-hydrogen) atoms. The quantitative estimate of drug-likeness (QED) is 0.710. The molecule has 0 aromatic carbocycles. The third-order valence-corrected chi connectivity index (χ3v) is 4.62. The molecular formula is C12H23NO2S. The third-order valence-electron chi connectivity index (χ3n) is 3.28. The molecule has 0 aliphatic carbocycles. The molecular weight excluding hydrogens is 222 g/mol. The smallest absolute Gasteiger partial charge is 0.323 e. The summed E-state index contributed by atoms with van der Waals surface area (Å²) in [4.78, 5) is 14.2. The molecule has 1 heterocycles. The predicted molar refractivity (Wildman–Crippen MR) is 68.8 cm³/mol. The van der Waals surface area contributed by atoms with Crippen molar-refractivity contribution >= 4 is 17.7 Å². The maximum absolute atomic E-state index is 11.9. The van der Waals surface area contributed by atoms with Crippen molar-refractivity contribution in [3.63, 3.8) is 0 Å². The van der Waals surface area contributed by atoms with E-state index in [0.29, 0.717) is 17.9 Å². The monoisotopic (exact) mass is 245 g/mol. The molecule has 1 aliphatic rings. The van der Waals surface area contributed by atoms with Crippen LogP contribution in [0.15, 0.2) is 0 Å². The van der Waals surface area contributed by atoms with Crippen molar-refractivity contribution in [2.75, 3.05) is 18.9 Å². The molecule has 3 unspecified atom stereocenters. The Morgan fingerprint density at radius 3 is 2.75 bits per heavy atom. The predicted octanol–water partition coefficient (Wildman–Crippen LogP) is 2.15. The van der Waals surface area contributed by atoms with Gasteiger partial charge in [0.05, 0.1) is 6.61 Å². The topological polar surface area (TPSA) is 29.5 Å². The number of thioether (sulfide) groups is 1. The van der Waals surface area contributed by atoms with Crippen LogP contribution in [0.25, 0.3) is 0 Å². The van der Waals surface area contributed by atoms with Crippen LogP contribution in [0.5, 0.6) is 0 Å². The van der Waals surface area contributed by atoms with Gasteiger partial charge in [0.2, 0.25) is 0 Å². The van der Waals surface area contributed by atoms with Gasteiger partial charge in [0.1, 0.15) is 6.04 Å². The van der Waals surface area contributed by atoms with Crippen molar-refractivity contribution in [3.05, 3.63) is 0 Å². The minimum Gasteiger partial charge on any atom is -0.465 e. The highest BCUT2D eigenvalue weighted by Crippen LogP contribution is 2.27. The molecule has 4 heteroatoms. The molecule has 0 aromatic heterocycles. The first-order valence-corrected chi connectivity index (χ1v) is 7.20. The lowest BCUT2D eigenvalue weighted by Gasteiger charge is -2.41. The van der Waals surface area contributed by atoms with E-state index in [4.69, 9.17) is 4.74 Å². The maximum atomic E-state index is 11.9. The fraction of sp³-hybridized carbons (Fsp3) is 0.917. The first kappa shape index (κ1) is 13.8. The lowest BCUT2D eigenvalue weighted by Crippen LogP contribution is -2.53. The molecule has 1 fully saturated rings. The summed E-state index contributed by atoms with van der Waals surface area (Å²) in [7, 11) is 0. The van der Waals surface area contributed by atoms with Crippen molar-refractivity contribution < 1.29 is 9.53 Å². The fourth-order valence-electron chi connectivity index (χ4n) is 2.17. The molecule has 0 radical (unpaired) electrons. The molecule has 0 saturated carbocycles. The van der Waals surface area contributed by atoms with Crippen LogP contribution in [0.3, 0.4) is 0 Å². The molecule has 94 valence electrons. The van der Waals surface area contributed by atoms with E-state index in [1.54, 1.807) is 0 Å². The Morgan fingerprint density at radius 2 is 2.19 bits per heavy atom. The van der Waals surface area contributed by atoms with Crippen molar-refractivity contribution in [2.24, 2.45) is 0 Å². The zero-order chi connectivity index (χ0) is 12.1.